The second-order valence-corrected chi connectivity index (χ2v) is 9.13. The molecule has 1 aromatic rings. The molecule has 0 saturated carbocycles. The zero-order chi connectivity index (χ0) is 24.1. The van der Waals surface area contributed by atoms with Gasteiger partial charge in [-0.15, -0.1) is 0 Å². The number of methoxy groups -OCH3 is 1. The van der Waals surface area contributed by atoms with Crippen LogP contribution >= 0.6 is 0 Å². The maximum absolute atomic E-state index is 13.6. The van der Waals surface area contributed by atoms with Gasteiger partial charge < -0.3 is 14.8 Å². The Bertz CT molecular complexity index is 1090. The number of benzene rings is 1. The van der Waals surface area contributed by atoms with Crippen molar-refractivity contribution in [2.24, 2.45) is 0 Å². The smallest absolute Gasteiger partial charge is 0.264 e. The Morgan fingerprint density at radius 2 is 1.97 bits per heavy atom. The summed E-state index contributed by atoms with van der Waals surface area (Å²) in [5.74, 6) is -0.328. The van der Waals surface area contributed by atoms with Crippen molar-refractivity contribution >= 4 is 28.5 Å². The quantitative estimate of drug-likeness (QED) is 0.584. The SMILES string of the molecule is CCOc1cc(C(CS(C)=O)N2C(=O)C3=C(C2=O)C(/NC(C)=O)=C\CC/C=C\3)ccc1OC. The third-order valence-electron chi connectivity index (χ3n) is 5.27. The van der Waals surface area contributed by atoms with Gasteiger partial charge in [0.2, 0.25) is 5.91 Å². The van der Waals surface area contributed by atoms with E-state index in [0.717, 1.165) is 4.90 Å². The largest absolute Gasteiger partial charge is 0.493 e. The Morgan fingerprint density at radius 1 is 1.21 bits per heavy atom. The molecule has 8 nitrogen and oxygen atoms in total. The fourth-order valence-electron chi connectivity index (χ4n) is 3.90. The molecule has 9 heteroatoms. The minimum atomic E-state index is -1.31. The van der Waals surface area contributed by atoms with Gasteiger partial charge >= 0.3 is 0 Å². The molecule has 176 valence electrons. The molecule has 1 aromatic carbocycles. The fraction of sp³-hybridized carbons (Fsp3) is 0.375. The lowest BCUT2D eigenvalue weighted by atomic mass is 10.0. The molecule has 0 radical (unpaired) electrons. The van der Waals surface area contributed by atoms with E-state index in [1.807, 2.05) is 13.0 Å². The Labute approximate surface area is 195 Å². The van der Waals surface area contributed by atoms with Gasteiger partial charge in [-0.3, -0.25) is 23.5 Å². The summed E-state index contributed by atoms with van der Waals surface area (Å²) in [5, 5.41) is 2.69. The molecule has 1 aliphatic heterocycles. The molecule has 2 unspecified atom stereocenters. The minimum Gasteiger partial charge on any atom is -0.493 e. The van der Waals surface area contributed by atoms with E-state index in [-0.39, 0.29) is 22.8 Å². The second-order valence-electron chi connectivity index (χ2n) is 7.65. The Kier molecular flexibility index (Phi) is 7.86. The van der Waals surface area contributed by atoms with Gasteiger partial charge in [0.25, 0.3) is 11.8 Å². The lowest BCUT2D eigenvalue weighted by molar-refractivity contribution is -0.139. The Hall–Kier alpha value is -3.20. The van der Waals surface area contributed by atoms with Crippen molar-refractivity contribution in [2.45, 2.75) is 32.7 Å². The monoisotopic (exact) mass is 472 g/mol. The molecular weight excluding hydrogens is 444 g/mol. The lowest BCUT2D eigenvalue weighted by Gasteiger charge is -2.27. The first-order valence-electron chi connectivity index (χ1n) is 10.7. The van der Waals surface area contributed by atoms with Gasteiger partial charge in [-0.2, -0.15) is 0 Å². The van der Waals surface area contributed by atoms with Crippen LogP contribution in [0.1, 0.15) is 38.3 Å². The van der Waals surface area contributed by atoms with Crippen LogP contribution in [0.4, 0.5) is 0 Å². The summed E-state index contributed by atoms with van der Waals surface area (Å²) in [4.78, 5) is 40.0. The van der Waals surface area contributed by atoms with Crippen molar-refractivity contribution in [1.82, 2.24) is 10.2 Å². The van der Waals surface area contributed by atoms with Gasteiger partial charge in [0.1, 0.15) is 0 Å². The number of rotatable bonds is 8. The van der Waals surface area contributed by atoms with E-state index >= 15 is 0 Å². The third-order valence-corrected chi connectivity index (χ3v) is 6.06. The Morgan fingerprint density at radius 3 is 2.61 bits per heavy atom. The van der Waals surface area contributed by atoms with Crippen molar-refractivity contribution in [3.63, 3.8) is 0 Å². The summed E-state index contributed by atoms with van der Waals surface area (Å²) in [6, 6.07) is 4.34. The van der Waals surface area contributed by atoms with E-state index < -0.39 is 28.7 Å². The lowest BCUT2D eigenvalue weighted by Crippen LogP contribution is -2.39. The van der Waals surface area contributed by atoms with Gasteiger partial charge in [-0.05, 0) is 37.5 Å². The number of nitrogens with one attached hydrogen (secondary N) is 1. The number of ether oxygens (including phenoxy) is 2. The number of hydrogen-bond acceptors (Lipinski definition) is 6. The molecule has 0 fully saturated rings. The van der Waals surface area contributed by atoms with Crippen molar-refractivity contribution in [3.8, 4) is 11.5 Å². The van der Waals surface area contributed by atoms with Crippen molar-refractivity contribution < 1.29 is 28.1 Å². The van der Waals surface area contributed by atoms with Crippen LogP contribution in [-0.2, 0) is 25.2 Å². The van der Waals surface area contributed by atoms with Crippen molar-refractivity contribution in [3.05, 3.63) is 58.8 Å². The summed E-state index contributed by atoms with van der Waals surface area (Å²) in [7, 11) is 0.210. The molecule has 1 N–H and O–H groups in total. The molecule has 3 amide bonds. The summed E-state index contributed by atoms with van der Waals surface area (Å²) in [6.45, 7) is 3.59. The molecule has 2 atom stereocenters. The van der Waals surface area contributed by atoms with Gasteiger partial charge in [0.05, 0.1) is 36.6 Å². The average molecular weight is 473 g/mol. The number of allylic oxidation sites excluding steroid dienone is 2. The Balaban J connectivity index is 2.09. The zero-order valence-corrected chi connectivity index (χ0v) is 20.0. The fourth-order valence-corrected chi connectivity index (χ4v) is 4.69. The maximum atomic E-state index is 13.6. The first-order chi connectivity index (χ1) is 15.8. The van der Waals surface area contributed by atoms with E-state index in [4.69, 9.17) is 9.47 Å². The summed E-state index contributed by atoms with van der Waals surface area (Å²) >= 11 is 0. The minimum absolute atomic E-state index is 0.0544. The molecule has 0 saturated heterocycles. The average Bonchev–Trinajstić information content (AvgIpc) is 2.98. The number of hydrogen-bond donors (Lipinski definition) is 1. The van der Waals surface area contributed by atoms with Crippen LogP contribution in [0.5, 0.6) is 11.5 Å². The predicted octanol–water partition coefficient (Wildman–Crippen LogP) is 2.55. The van der Waals surface area contributed by atoms with E-state index in [1.54, 1.807) is 30.4 Å². The normalized spacial score (nSPS) is 20.2. The summed E-state index contributed by atoms with van der Waals surface area (Å²) < 4.78 is 23.3. The van der Waals surface area contributed by atoms with Crippen LogP contribution in [0.25, 0.3) is 0 Å². The molecule has 1 aliphatic carbocycles. The van der Waals surface area contributed by atoms with E-state index in [0.29, 0.717) is 42.2 Å². The second kappa shape index (κ2) is 10.6. The van der Waals surface area contributed by atoms with E-state index in [1.165, 1.54) is 20.3 Å². The summed E-state index contributed by atoms with van der Waals surface area (Å²) in [5.41, 5.74) is 1.28. The first-order valence-corrected chi connectivity index (χ1v) is 12.4. The highest BCUT2D eigenvalue weighted by Crippen LogP contribution is 2.38. The van der Waals surface area contributed by atoms with E-state index in [9.17, 15) is 18.6 Å². The highest BCUT2D eigenvalue weighted by Gasteiger charge is 2.43. The molecule has 33 heavy (non-hydrogen) atoms. The van der Waals surface area contributed by atoms with Crippen LogP contribution in [0, 0.1) is 0 Å². The molecule has 3 rings (SSSR count). The third kappa shape index (κ3) is 5.24. The van der Waals surface area contributed by atoms with Crippen molar-refractivity contribution in [2.75, 3.05) is 25.7 Å². The molecule has 0 aromatic heterocycles. The number of amides is 3. The molecule has 1 heterocycles. The predicted molar refractivity (Wildman–Crippen MR) is 125 cm³/mol. The highest BCUT2D eigenvalue weighted by molar-refractivity contribution is 7.84. The van der Waals surface area contributed by atoms with Gasteiger partial charge in [0, 0.05) is 29.7 Å². The molecular formula is C24H28N2O6S. The van der Waals surface area contributed by atoms with Crippen LogP contribution in [0.2, 0.25) is 0 Å². The highest BCUT2D eigenvalue weighted by atomic mass is 32.2. The topological polar surface area (TPSA) is 102 Å². The van der Waals surface area contributed by atoms with Crippen LogP contribution in [0.3, 0.4) is 0 Å². The number of carbonyl (C=O) groups excluding carboxylic acids is 3. The van der Waals surface area contributed by atoms with Crippen LogP contribution in [-0.4, -0.2) is 52.6 Å². The number of carbonyl (C=O) groups is 3. The molecule has 0 bridgehead atoms. The van der Waals surface area contributed by atoms with Crippen LogP contribution < -0.4 is 14.8 Å². The number of nitrogens with zero attached hydrogens (tertiary/aromatic N) is 1. The molecule has 0 spiro atoms. The molecule has 2 aliphatic rings. The van der Waals surface area contributed by atoms with Crippen molar-refractivity contribution in [1.29, 1.82) is 0 Å². The maximum Gasteiger partial charge on any atom is 0.264 e. The standard InChI is InChI=1S/C24H28N2O6S/c1-5-32-21-13-16(11-12-20(21)31-3)19(14-33(4)30)26-23(28)17-9-7-6-8-10-18(25-15(2)27)22(17)24(26)29/h7,9-13,19H,5-6,8,14H2,1-4H3,(H,25,27)/b9-7-,18-10+. The number of imide groups is 1. The van der Waals surface area contributed by atoms with Gasteiger partial charge in [-0.1, -0.05) is 24.3 Å². The zero-order valence-electron chi connectivity index (χ0n) is 19.2. The summed E-state index contributed by atoms with van der Waals surface area (Å²) in [6.07, 6.45) is 8.02. The van der Waals surface area contributed by atoms with Gasteiger partial charge in [-0.25, -0.2) is 0 Å². The first kappa shape index (κ1) is 24.4. The van der Waals surface area contributed by atoms with Gasteiger partial charge in [0.15, 0.2) is 11.5 Å². The van der Waals surface area contributed by atoms with E-state index in [2.05, 4.69) is 5.32 Å². The van der Waals surface area contributed by atoms with Crippen LogP contribution in [0.15, 0.2) is 53.3 Å².